The third kappa shape index (κ3) is 3.54. The third-order valence-electron chi connectivity index (χ3n) is 2.45. The fourth-order valence-corrected chi connectivity index (χ4v) is 1.50. The van der Waals surface area contributed by atoms with Crippen LogP contribution in [0.25, 0.3) is 0 Å². The van der Waals surface area contributed by atoms with Gasteiger partial charge in [-0.2, -0.15) is 0 Å². The number of nitrogens with one attached hydrogen (secondary N) is 1. The third-order valence-corrected chi connectivity index (χ3v) is 2.45. The number of benzene rings is 1. The molecule has 0 bridgehead atoms. The fraction of sp³-hybridized carbons (Fsp3) is 0.500. The van der Waals surface area contributed by atoms with Gasteiger partial charge in [-0.15, -0.1) is 0 Å². The molecule has 0 saturated carbocycles. The number of rotatable bonds is 6. The van der Waals surface area contributed by atoms with Crippen LogP contribution in [0.1, 0.15) is 18.4 Å². The van der Waals surface area contributed by atoms with Gasteiger partial charge in [0.1, 0.15) is 0 Å². The van der Waals surface area contributed by atoms with Crippen LogP contribution in [-0.2, 0) is 4.74 Å². The Hall–Kier alpha value is -1.00. The molecule has 0 saturated heterocycles. The van der Waals surface area contributed by atoms with Gasteiger partial charge in [0.05, 0.1) is 6.61 Å². The summed E-state index contributed by atoms with van der Waals surface area (Å²) in [5.41, 5.74) is 0.407. The monoisotopic (exact) mass is 229 g/mol. The minimum Gasteiger partial charge on any atom is -0.383 e. The zero-order valence-electron chi connectivity index (χ0n) is 9.59. The predicted molar refractivity (Wildman–Crippen MR) is 59.5 cm³/mol. The normalized spacial score (nSPS) is 12.8. The van der Waals surface area contributed by atoms with E-state index in [0.717, 1.165) is 6.07 Å². The van der Waals surface area contributed by atoms with E-state index in [1.807, 2.05) is 6.92 Å². The highest BCUT2D eigenvalue weighted by Crippen LogP contribution is 2.19. The Morgan fingerprint density at radius 2 is 2.12 bits per heavy atom. The highest BCUT2D eigenvalue weighted by molar-refractivity contribution is 5.22. The first-order chi connectivity index (χ1) is 7.66. The molecule has 0 heterocycles. The molecule has 1 rings (SSSR count). The summed E-state index contributed by atoms with van der Waals surface area (Å²) in [4.78, 5) is 0. The fourth-order valence-electron chi connectivity index (χ4n) is 1.50. The smallest absolute Gasteiger partial charge is 0.162 e. The summed E-state index contributed by atoms with van der Waals surface area (Å²) >= 11 is 0. The molecule has 0 aliphatic rings. The first kappa shape index (κ1) is 13.1. The number of hydrogen-bond acceptors (Lipinski definition) is 2. The van der Waals surface area contributed by atoms with Crippen molar-refractivity contribution in [3.05, 3.63) is 35.4 Å². The maximum atomic E-state index is 13.4. The van der Waals surface area contributed by atoms with Crippen LogP contribution in [0.5, 0.6) is 0 Å². The van der Waals surface area contributed by atoms with Gasteiger partial charge in [-0.25, -0.2) is 8.78 Å². The molecule has 0 spiro atoms. The zero-order chi connectivity index (χ0) is 12.0. The number of halogens is 2. The Kier molecular flexibility index (Phi) is 5.35. The van der Waals surface area contributed by atoms with Gasteiger partial charge in [0.2, 0.25) is 0 Å². The minimum atomic E-state index is -0.791. The van der Waals surface area contributed by atoms with E-state index in [9.17, 15) is 8.78 Å². The van der Waals surface area contributed by atoms with E-state index < -0.39 is 11.6 Å². The van der Waals surface area contributed by atoms with Gasteiger partial charge in [-0.05, 0) is 17.5 Å². The first-order valence-corrected chi connectivity index (χ1v) is 5.30. The van der Waals surface area contributed by atoms with Crippen LogP contribution in [0.15, 0.2) is 18.2 Å². The molecule has 16 heavy (non-hydrogen) atoms. The van der Waals surface area contributed by atoms with Crippen molar-refractivity contribution < 1.29 is 13.5 Å². The van der Waals surface area contributed by atoms with Crippen molar-refractivity contribution in [3.63, 3.8) is 0 Å². The molecule has 1 unspecified atom stereocenters. The van der Waals surface area contributed by atoms with Crippen LogP contribution < -0.4 is 5.32 Å². The largest absolute Gasteiger partial charge is 0.383 e. The molecule has 0 amide bonds. The predicted octanol–water partition coefficient (Wildman–Crippen LogP) is 2.30. The van der Waals surface area contributed by atoms with Crippen molar-refractivity contribution in [2.24, 2.45) is 0 Å². The summed E-state index contributed by atoms with van der Waals surface area (Å²) in [6, 6.07) is 4.27. The summed E-state index contributed by atoms with van der Waals surface area (Å²) in [7, 11) is 1.62. The van der Waals surface area contributed by atoms with Crippen molar-refractivity contribution in [2.45, 2.75) is 12.8 Å². The van der Waals surface area contributed by atoms with Crippen LogP contribution in [-0.4, -0.2) is 26.8 Å². The summed E-state index contributed by atoms with van der Waals surface area (Å²) < 4.78 is 31.2. The molecule has 0 fully saturated rings. The van der Waals surface area contributed by atoms with E-state index in [0.29, 0.717) is 25.3 Å². The van der Waals surface area contributed by atoms with Crippen LogP contribution >= 0.6 is 0 Å². The molecule has 0 radical (unpaired) electrons. The van der Waals surface area contributed by atoms with Gasteiger partial charge in [0.15, 0.2) is 11.6 Å². The second-order valence-electron chi connectivity index (χ2n) is 3.74. The summed E-state index contributed by atoms with van der Waals surface area (Å²) in [6.45, 7) is 3.78. The maximum Gasteiger partial charge on any atom is 0.162 e. The van der Waals surface area contributed by atoms with Crippen molar-refractivity contribution in [3.8, 4) is 0 Å². The molecule has 0 aliphatic heterocycles. The maximum absolute atomic E-state index is 13.4. The Bertz CT molecular complexity index is 331. The van der Waals surface area contributed by atoms with Gasteiger partial charge in [-0.3, -0.25) is 0 Å². The average molecular weight is 229 g/mol. The van der Waals surface area contributed by atoms with Crippen molar-refractivity contribution >= 4 is 0 Å². The van der Waals surface area contributed by atoms with Crippen LogP contribution in [0.4, 0.5) is 8.78 Å². The lowest BCUT2D eigenvalue weighted by Gasteiger charge is -2.13. The summed E-state index contributed by atoms with van der Waals surface area (Å²) in [6.07, 6.45) is 0. The standard InChI is InChI=1S/C12H17F2NO/c1-9(8-15-6-7-16-2)10-4-3-5-11(13)12(10)14/h3-5,9,15H,6-8H2,1-2H3. The van der Waals surface area contributed by atoms with E-state index in [-0.39, 0.29) is 5.92 Å². The highest BCUT2D eigenvalue weighted by Gasteiger charge is 2.13. The van der Waals surface area contributed by atoms with Gasteiger partial charge in [-0.1, -0.05) is 19.1 Å². The van der Waals surface area contributed by atoms with Crippen molar-refractivity contribution in [1.82, 2.24) is 5.32 Å². The lowest BCUT2D eigenvalue weighted by atomic mass is 10.0. The second kappa shape index (κ2) is 6.55. The molecular weight excluding hydrogens is 212 g/mol. The Morgan fingerprint density at radius 3 is 2.81 bits per heavy atom. The lowest BCUT2D eigenvalue weighted by molar-refractivity contribution is 0.199. The summed E-state index contributed by atoms with van der Waals surface area (Å²) in [5, 5.41) is 3.12. The molecule has 2 nitrogen and oxygen atoms in total. The van der Waals surface area contributed by atoms with Crippen LogP contribution in [0.3, 0.4) is 0 Å². The Morgan fingerprint density at radius 1 is 1.38 bits per heavy atom. The SMILES string of the molecule is COCCNCC(C)c1cccc(F)c1F. The van der Waals surface area contributed by atoms with Gasteiger partial charge in [0, 0.05) is 20.2 Å². The van der Waals surface area contributed by atoms with E-state index in [2.05, 4.69) is 5.32 Å². The lowest BCUT2D eigenvalue weighted by Crippen LogP contribution is -2.24. The highest BCUT2D eigenvalue weighted by atomic mass is 19.2. The molecule has 1 aromatic rings. The number of ether oxygens (including phenoxy) is 1. The summed E-state index contributed by atoms with van der Waals surface area (Å²) in [5.74, 6) is -1.60. The molecule has 0 aliphatic carbocycles. The van der Waals surface area contributed by atoms with Gasteiger partial charge < -0.3 is 10.1 Å². The molecule has 4 heteroatoms. The van der Waals surface area contributed by atoms with Crippen LogP contribution in [0.2, 0.25) is 0 Å². The molecule has 0 aromatic heterocycles. The Balaban J connectivity index is 2.52. The average Bonchev–Trinajstić information content (AvgIpc) is 2.28. The molecule has 1 aromatic carbocycles. The van der Waals surface area contributed by atoms with Crippen molar-refractivity contribution in [2.75, 3.05) is 26.8 Å². The molecular formula is C12H17F2NO. The van der Waals surface area contributed by atoms with E-state index in [4.69, 9.17) is 4.74 Å². The molecule has 1 N–H and O–H groups in total. The van der Waals surface area contributed by atoms with Gasteiger partial charge in [0.25, 0.3) is 0 Å². The van der Waals surface area contributed by atoms with E-state index in [1.54, 1.807) is 13.2 Å². The van der Waals surface area contributed by atoms with Crippen molar-refractivity contribution in [1.29, 1.82) is 0 Å². The van der Waals surface area contributed by atoms with Crippen LogP contribution in [0, 0.1) is 11.6 Å². The molecule has 90 valence electrons. The first-order valence-electron chi connectivity index (χ1n) is 5.30. The second-order valence-corrected chi connectivity index (χ2v) is 3.74. The Labute approximate surface area is 94.6 Å². The topological polar surface area (TPSA) is 21.3 Å². The number of methoxy groups -OCH3 is 1. The quantitative estimate of drug-likeness (QED) is 0.756. The minimum absolute atomic E-state index is 0.0624. The van der Waals surface area contributed by atoms with E-state index >= 15 is 0 Å². The number of hydrogen-bond donors (Lipinski definition) is 1. The zero-order valence-corrected chi connectivity index (χ0v) is 9.59. The molecule has 1 atom stereocenters. The van der Waals surface area contributed by atoms with E-state index in [1.165, 1.54) is 6.07 Å². The van der Waals surface area contributed by atoms with Gasteiger partial charge >= 0.3 is 0 Å².